The number of nitrogens with zero attached hydrogens (tertiary/aromatic N) is 4. The Bertz CT molecular complexity index is 1860. The summed E-state index contributed by atoms with van der Waals surface area (Å²) in [5, 5.41) is 24.8. The number of fused-ring (bicyclic) bond motifs is 2. The van der Waals surface area contributed by atoms with Crippen molar-refractivity contribution in [3.05, 3.63) is 86.2 Å². The third kappa shape index (κ3) is 8.38. The van der Waals surface area contributed by atoms with Gasteiger partial charge in [-0.25, -0.2) is 9.59 Å². The number of carboxylic acid groups (broad SMARTS) is 2. The number of hydrogen-bond donors (Lipinski definition) is 3. The highest BCUT2D eigenvalue weighted by Gasteiger charge is 2.43. The second-order valence-electron chi connectivity index (χ2n) is 15.3. The van der Waals surface area contributed by atoms with Crippen LogP contribution in [0.4, 0.5) is 0 Å². The number of para-hydroxylation sites is 1. The number of rotatable bonds is 13. The molecule has 294 valence electrons. The lowest BCUT2D eigenvalue weighted by Crippen LogP contribution is -2.56. The fraction of sp³-hybridized carbons (Fsp3) is 0.512. The molecule has 5 aliphatic heterocycles. The van der Waals surface area contributed by atoms with Crippen molar-refractivity contribution in [2.24, 2.45) is 0 Å². The van der Waals surface area contributed by atoms with Gasteiger partial charge in [-0.1, -0.05) is 47.5 Å². The largest absolute Gasteiger partial charge is 0.491 e. The van der Waals surface area contributed by atoms with Gasteiger partial charge in [0.1, 0.15) is 12.4 Å². The number of carbonyl (C=O) groups excluding carboxylic acids is 2. The second kappa shape index (κ2) is 17.0. The van der Waals surface area contributed by atoms with Crippen molar-refractivity contribution in [2.45, 2.75) is 81.8 Å². The molecule has 12 nitrogen and oxygen atoms in total. The molecule has 7 rings (SSSR count). The monoisotopic (exact) mass is 793 g/mol. The Morgan fingerprint density at radius 2 is 1.49 bits per heavy atom. The number of halogens is 2. The highest BCUT2D eigenvalue weighted by molar-refractivity contribution is 6.36. The van der Waals surface area contributed by atoms with Crippen LogP contribution >= 0.6 is 23.2 Å². The van der Waals surface area contributed by atoms with Gasteiger partial charge in [-0.05, 0) is 75.8 Å². The topological polar surface area (TPSA) is 143 Å². The van der Waals surface area contributed by atoms with E-state index in [0.29, 0.717) is 69.5 Å². The summed E-state index contributed by atoms with van der Waals surface area (Å²) in [6, 6.07) is 13.9. The van der Waals surface area contributed by atoms with E-state index in [2.05, 4.69) is 22.2 Å². The molecule has 2 aromatic carbocycles. The van der Waals surface area contributed by atoms with Crippen LogP contribution in [0.25, 0.3) is 0 Å². The summed E-state index contributed by atoms with van der Waals surface area (Å²) >= 11 is 13.3. The molecule has 5 heterocycles. The first-order valence-corrected chi connectivity index (χ1v) is 20.1. The zero-order valence-electron chi connectivity index (χ0n) is 31.1. The van der Waals surface area contributed by atoms with Gasteiger partial charge in [-0.15, -0.1) is 0 Å². The number of dihydropyridines is 1. The van der Waals surface area contributed by atoms with Gasteiger partial charge in [-0.3, -0.25) is 14.5 Å². The first-order valence-electron chi connectivity index (χ1n) is 19.4. The minimum absolute atomic E-state index is 0.117. The zero-order valence-corrected chi connectivity index (χ0v) is 32.7. The van der Waals surface area contributed by atoms with Gasteiger partial charge in [0.2, 0.25) is 11.8 Å². The van der Waals surface area contributed by atoms with Crippen LogP contribution in [-0.2, 0) is 25.6 Å². The van der Waals surface area contributed by atoms with Crippen molar-refractivity contribution in [3.63, 3.8) is 0 Å². The standard InChI is InChI=1S/C41H49Cl2N5O7/c1-45-26-12-13-27(45)23-28(22-26)46-16-18-48(19-17-46)35(50)24-32-38(41(53)54)39(36-29(42)7-4-8-30(36)43)37(40(51)52)31(44-32)14-11-25-6-2-3-9-33(25)55-21-20-47-15-5-10-34(47)49/h2-4,6-9,26-28,39,44H,5,10-24H2,1H3,(H,51,52)(H,53,54). The smallest absolute Gasteiger partial charge is 0.334 e. The van der Waals surface area contributed by atoms with Crippen molar-refractivity contribution in [3.8, 4) is 5.75 Å². The van der Waals surface area contributed by atoms with Crippen LogP contribution in [-0.4, -0.2) is 125 Å². The minimum atomic E-state index is -1.37. The van der Waals surface area contributed by atoms with Crippen molar-refractivity contribution >= 4 is 47.0 Å². The fourth-order valence-electron chi connectivity index (χ4n) is 9.32. The highest BCUT2D eigenvalue weighted by atomic mass is 35.5. The number of amides is 2. The molecule has 14 heteroatoms. The molecule has 0 aliphatic carbocycles. The molecule has 3 N–H and O–H groups in total. The lowest BCUT2D eigenvalue weighted by Gasteiger charge is -2.45. The quantitative estimate of drug-likeness (QED) is 0.249. The molecule has 0 aromatic heterocycles. The number of hydrogen-bond acceptors (Lipinski definition) is 8. The second-order valence-corrected chi connectivity index (χ2v) is 16.1. The average Bonchev–Trinajstić information content (AvgIpc) is 3.64. The summed E-state index contributed by atoms with van der Waals surface area (Å²) in [7, 11) is 2.23. The summed E-state index contributed by atoms with van der Waals surface area (Å²) < 4.78 is 6.11. The predicted octanol–water partition coefficient (Wildman–Crippen LogP) is 5.15. The molecule has 2 bridgehead atoms. The van der Waals surface area contributed by atoms with Gasteiger partial charge in [0.15, 0.2) is 0 Å². The molecule has 2 aromatic rings. The molecule has 0 radical (unpaired) electrons. The maximum atomic E-state index is 14.0. The minimum Gasteiger partial charge on any atom is -0.491 e. The Morgan fingerprint density at radius 1 is 0.836 bits per heavy atom. The number of nitrogens with one attached hydrogen (secondary N) is 1. The highest BCUT2D eigenvalue weighted by Crippen LogP contribution is 2.45. The van der Waals surface area contributed by atoms with Crippen LogP contribution in [0.5, 0.6) is 5.75 Å². The van der Waals surface area contributed by atoms with E-state index in [0.717, 1.165) is 37.9 Å². The number of aryl methyl sites for hydroxylation is 1. The van der Waals surface area contributed by atoms with E-state index in [1.54, 1.807) is 28.0 Å². The normalized spacial score (nSPS) is 24.7. The van der Waals surface area contributed by atoms with Crippen LogP contribution in [0.2, 0.25) is 10.0 Å². The van der Waals surface area contributed by atoms with E-state index in [4.69, 9.17) is 27.9 Å². The van der Waals surface area contributed by atoms with E-state index in [-0.39, 0.29) is 62.8 Å². The first kappa shape index (κ1) is 39.1. The van der Waals surface area contributed by atoms with E-state index >= 15 is 0 Å². The number of allylic oxidation sites excluding steroid dienone is 1. The maximum Gasteiger partial charge on any atom is 0.334 e. The van der Waals surface area contributed by atoms with Crippen LogP contribution in [0, 0.1) is 0 Å². The molecule has 3 unspecified atom stereocenters. The average molecular weight is 795 g/mol. The number of ether oxygens (including phenoxy) is 1. The summed E-state index contributed by atoms with van der Waals surface area (Å²) in [6.07, 6.45) is 6.39. The maximum absolute atomic E-state index is 14.0. The predicted molar refractivity (Wildman–Crippen MR) is 208 cm³/mol. The lowest BCUT2D eigenvalue weighted by atomic mass is 9.78. The third-order valence-corrected chi connectivity index (χ3v) is 12.9. The van der Waals surface area contributed by atoms with Crippen molar-refractivity contribution < 1.29 is 34.1 Å². The van der Waals surface area contributed by atoms with Crippen molar-refractivity contribution in [1.82, 2.24) is 24.9 Å². The van der Waals surface area contributed by atoms with Crippen LogP contribution in [0.1, 0.15) is 68.4 Å². The van der Waals surface area contributed by atoms with Crippen molar-refractivity contribution in [2.75, 3.05) is 52.9 Å². The number of likely N-dealkylation sites (tertiary alicyclic amines) is 1. The molecule has 0 saturated carbocycles. The van der Waals surface area contributed by atoms with Gasteiger partial charge in [0.25, 0.3) is 0 Å². The zero-order chi connectivity index (χ0) is 38.8. The molecule has 3 atom stereocenters. The van der Waals surface area contributed by atoms with Crippen molar-refractivity contribution in [1.29, 1.82) is 0 Å². The fourth-order valence-corrected chi connectivity index (χ4v) is 9.94. The molecule has 4 saturated heterocycles. The number of benzene rings is 2. The Kier molecular flexibility index (Phi) is 12.1. The van der Waals surface area contributed by atoms with Gasteiger partial charge in [-0.2, -0.15) is 0 Å². The molecule has 0 spiro atoms. The Hall–Kier alpha value is -4.10. The molecular weight excluding hydrogens is 745 g/mol. The van der Waals surface area contributed by atoms with Crippen LogP contribution in [0.15, 0.2) is 65.0 Å². The Morgan fingerprint density at radius 3 is 2.13 bits per heavy atom. The summed E-state index contributed by atoms with van der Waals surface area (Å²) in [4.78, 5) is 61.1. The first-order chi connectivity index (χ1) is 26.5. The molecule has 55 heavy (non-hydrogen) atoms. The van der Waals surface area contributed by atoms with Crippen LogP contribution < -0.4 is 10.1 Å². The van der Waals surface area contributed by atoms with E-state index in [9.17, 15) is 29.4 Å². The van der Waals surface area contributed by atoms with Gasteiger partial charge >= 0.3 is 11.9 Å². The van der Waals surface area contributed by atoms with Gasteiger partial charge < -0.3 is 35.0 Å². The molecule has 5 aliphatic rings. The summed E-state index contributed by atoms with van der Waals surface area (Å²) in [6.45, 7) is 4.05. The molecular formula is C41H49Cl2N5O7. The van der Waals surface area contributed by atoms with E-state index in [1.807, 2.05) is 24.3 Å². The molecule has 4 fully saturated rings. The number of carbonyl (C=O) groups is 4. The Labute approximate surface area is 331 Å². The molecule has 2 amide bonds. The van der Waals surface area contributed by atoms with E-state index < -0.39 is 17.9 Å². The van der Waals surface area contributed by atoms with Gasteiger partial charge in [0.05, 0.1) is 30.0 Å². The van der Waals surface area contributed by atoms with E-state index in [1.165, 1.54) is 12.8 Å². The third-order valence-electron chi connectivity index (χ3n) is 12.3. The van der Waals surface area contributed by atoms with Crippen LogP contribution in [0.3, 0.4) is 0 Å². The van der Waals surface area contributed by atoms with Gasteiger partial charge in [0, 0.05) is 84.3 Å². The summed E-state index contributed by atoms with van der Waals surface area (Å²) in [5.41, 5.74) is 0.877. The number of piperidine rings is 1. The SMILES string of the molecule is CN1C2CCC1CC(N1CCN(C(=O)CC3=C(C(=O)O)C(c4c(Cl)cccc4Cl)C(C(=O)O)=C(CCc4ccccc4OCCN4CCCC4=O)N3)CC1)C2. The number of piperazine rings is 1. The Balaban J connectivity index is 1.12. The number of carboxylic acids is 2. The number of aliphatic carboxylic acids is 2. The summed E-state index contributed by atoms with van der Waals surface area (Å²) in [5.74, 6) is -3.56. The lowest BCUT2D eigenvalue weighted by molar-refractivity contribution is -0.133.